The maximum atomic E-state index is 12.7. The first-order valence-electron chi connectivity index (χ1n) is 3.51. The number of hydrogen-bond donors (Lipinski definition) is 1. The first-order valence-corrected chi connectivity index (χ1v) is 3.51. The molecule has 15 heavy (non-hydrogen) atoms. The molecular weight excluding hydrogens is 220 g/mol. The number of carbonyl (C=O) groups excluding carboxylic acids is 1. The fourth-order valence-corrected chi connectivity index (χ4v) is 0.742. The molecule has 0 spiro atoms. The number of nitrogens with two attached hydrogens (primary N) is 1. The van der Waals surface area contributed by atoms with Gasteiger partial charge in [0.05, 0.1) is 0 Å². The van der Waals surface area contributed by atoms with Gasteiger partial charge in [-0.15, -0.1) is 13.2 Å². The van der Waals surface area contributed by atoms with Gasteiger partial charge in [0.2, 0.25) is 0 Å². The maximum absolute atomic E-state index is 12.7. The molecule has 0 aliphatic carbocycles. The second kappa shape index (κ2) is 3.71. The molecule has 1 aromatic rings. The largest absolute Gasteiger partial charge is 0.574 e. The Kier molecular flexibility index (Phi) is 2.78. The Morgan fingerprint density at radius 3 is 2.47 bits per heavy atom. The summed E-state index contributed by atoms with van der Waals surface area (Å²) in [6.45, 7) is 0. The minimum atomic E-state index is -5.08. The molecule has 2 N–H and O–H groups in total. The van der Waals surface area contributed by atoms with Crippen molar-refractivity contribution in [1.29, 1.82) is 0 Å². The van der Waals surface area contributed by atoms with Crippen LogP contribution in [0.25, 0.3) is 0 Å². The van der Waals surface area contributed by atoms with E-state index in [1.165, 1.54) is 0 Å². The van der Waals surface area contributed by atoms with E-state index in [2.05, 4.69) is 9.72 Å². The molecule has 82 valence electrons. The summed E-state index contributed by atoms with van der Waals surface area (Å²) < 4.78 is 51.1. The monoisotopic (exact) mass is 224 g/mol. The van der Waals surface area contributed by atoms with E-state index in [-0.39, 0.29) is 0 Å². The average Bonchev–Trinajstić information content (AvgIpc) is 2.06. The Morgan fingerprint density at radius 2 is 2.00 bits per heavy atom. The highest BCUT2D eigenvalue weighted by molar-refractivity contribution is 5.90. The molecule has 0 radical (unpaired) electrons. The number of pyridine rings is 1. The van der Waals surface area contributed by atoms with Crippen molar-refractivity contribution >= 4 is 5.91 Å². The van der Waals surface area contributed by atoms with Crippen molar-refractivity contribution in [2.45, 2.75) is 6.36 Å². The van der Waals surface area contributed by atoms with Gasteiger partial charge in [0.1, 0.15) is 5.69 Å². The summed E-state index contributed by atoms with van der Waals surface area (Å²) in [5.41, 5.74) is 4.22. The number of alkyl halides is 3. The highest BCUT2D eigenvalue weighted by Gasteiger charge is 2.33. The number of primary amides is 1. The Hall–Kier alpha value is -1.86. The molecule has 0 atom stereocenters. The lowest BCUT2D eigenvalue weighted by molar-refractivity contribution is -0.277. The smallest absolute Gasteiger partial charge is 0.385 e. The van der Waals surface area contributed by atoms with Crippen LogP contribution < -0.4 is 10.5 Å². The van der Waals surface area contributed by atoms with E-state index in [0.29, 0.717) is 6.07 Å². The summed E-state index contributed by atoms with van der Waals surface area (Å²) in [5, 5.41) is 0. The lowest BCUT2D eigenvalue weighted by Gasteiger charge is -2.08. The molecule has 0 aromatic carbocycles. The zero-order chi connectivity index (χ0) is 11.6. The van der Waals surface area contributed by atoms with Crippen LogP contribution in [-0.2, 0) is 0 Å². The van der Waals surface area contributed by atoms with Gasteiger partial charge in [0, 0.05) is 0 Å². The molecule has 0 saturated carbocycles. The summed E-state index contributed by atoms with van der Waals surface area (Å²) in [6, 6.07) is 1.45. The van der Waals surface area contributed by atoms with Crippen LogP contribution in [0.1, 0.15) is 10.5 Å². The third-order valence-corrected chi connectivity index (χ3v) is 1.28. The van der Waals surface area contributed by atoms with Crippen molar-refractivity contribution < 1.29 is 27.1 Å². The quantitative estimate of drug-likeness (QED) is 0.768. The molecule has 1 amide bonds. The van der Waals surface area contributed by atoms with Crippen molar-refractivity contribution in [3.63, 3.8) is 0 Å². The molecule has 0 saturated heterocycles. The Labute approximate surface area is 80.7 Å². The van der Waals surface area contributed by atoms with Gasteiger partial charge in [0.25, 0.3) is 11.8 Å². The number of rotatable bonds is 2. The third kappa shape index (κ3) is 3.08. The highest BCUT2D eigenvalue weighted by atomic mass is 19.4. The Balaban J connectivity index is 3.06. The Bertz CT molecular complexity index is 391. The second-order valence-electron chi connectivity index (χ2n) is 2.40. The number of nitrogens with zero attached hydrogens (tertiary/aromatic N) is 1. The summed E-state index contributed by atoms with van der Waals surface area (Å²) in [6.07, 6.45) is -5.08. The fourth-order valence-electron chi connectivity index (χ4n) is 0.742. The number of halogens is 4. The SMILES string of the molecule is NC(=O)c1ccc(F)c(OC(F)(F)F)n1. The molecule has 1 aromatic heterocycles. The van der Waals surface area contributed by atoms with Gasteiger partial charge in [-0.1, -0.05) is 0 Å². The number of aromatic nitrogens is 1. The molecule has 0 unspecified atom stereocenters. The lowest BCUT2D eigenvalue weighted by Crippen LogP contribution is -2.20. The maximum Gasteiger partial charge on any atom is 0.574 e. The molecular formula is C7H4F4N2O2. The van der Waals surface area contributed by atoms with Gasteiger partial charge in [-0.2, -0.15) is 0 Å². The van der Waals surface area contributed by atoms with Crippen LogP contribution >= 0.6 is 0 Å². The molecule has 1 rings (SSSR count). The van der Waals surface area contributed by atoms with Crippen molar-refractivity contribution in [1.82, 2.24) is 4.98 Å². The molecule has 0 aliphatic rings. The summed E-state index contributed by atoms with van der Waals surface area (Å²) in [4.78, 5) is 13.5. The van der Waals surface area contributed by atoms with Crippen LogP contribution in [0, 0.1) is 5.82 Å². The number of carbonyl (C=O) groups is 1. The third-order valence-electron chi connectivity index (χ3n) is 1.28. The van der Waals surface area contributed by atoms with Crippen LogP contribution in [0.3, 0.4) is 0 Å². The zero-order valence-electron chi connectivity index (χ0n) is 7.01. The fraction of sp³-hybridized carbons (Fsp3) is 0.143. The minimum absolute atomic E-state index is 0.518. The van der Waals surface area contributed by atoms with E-state index in [1.54, 1.807) is 0 Å². The van der Waals surface area contributed by atoms with Crippen LogP contribution in [0.15, 0.2) is 12.1 Å². The van der Waals surface area contributed by atoms with E-state index in [4.69, 9.17) is 5.73 Å². The van der Waals surface area contributed by atoms with Gasteiger partial charge < -0.3 is 10.5 Å². The zero-order valence-corrected chi connectivity index (χ0v) is 7.01. The normalized spacial score (nSPS) is 11.2. The molecule has 0 fully saturated rings. The van der Waals surface area contributed by atoms with Gasteiger partial charge in [0.15, 0.2) is 5.82 Å². The first kappa shape index (κ1) is 11.2. The highest BCUT2D eigenvalue weighted by Crippen LogP contribution is 2.23. The van der Waals surface area contributed by atoms with Crippen LogP contribution in [0.5, 0.6) is 5.88 Å². The lowest BCUT2D eigenvalue weighted by atomic mass is 10.3. The number of amides is 1. The number of hydrogen-bond acceptors (Lipinski definition) is 3. The van der Waals surface area contributed by atoms with Crippen LogP contribution in [-0.4, -0.2) is 17.3 Å². The summed E-state index contributed by atoms with van der Waals surface area (Å²) >= 11 is 0. The molecule has 0 aliphatic heterocycles. The summed E-state index contributed by atoms with van der Waals surface area (Å²) in [5.74, 6) is -3.75. The first-order chi connectivity index (χ1) is 6.79. The molecule has 8 heteroatoms. The molecule has 1 heterocycles. The van der Waals surface area contributed by atoms with Gasteiger partial charge in [-0.05, 0) is 12.1 Å². The van der Waals surface area contributed by atoms with Crippen LogP contribution in [0.4, 0.5) is 17.6 Å². The summed E-state index contributed by atoms with van der Waals surface area (Å²) in [7, 11) is 0. The van der Waals surface area contributed by atoms with Crippen molar-refractivity contribution in [3.05, 3.63) is 23.6 Å². The van der Waals surface area contributed by atoms with Crippen molar-refractivity contribution in [2.24, 2.45) is 5.73 Å². The minimum Gasteiger partial charge on any atom is -0.385 e. The van der Waals surface area contributed by atoms with E-state index in [0.717, 1.165) is 6.07 Å². The second-order valence-corrected chi connectivity index (χ2v) is 2.40. The predicted octanol–water partition coefficient (Wildman–Crippen LogP) is 1.22. The molecule has 0 bridgehead atoms. The van der Waals surface area contributed by atoms with E-state index < -0.39 is 29.7 Å². The van der Waals surface area contributed by atoms with Crippen LogP contribution in [0.2, 0.25) is 0 Å². The van der Waals surface area contributed by atoms with Gasteiger partial charge in [-0.25, -0.2) is 9.37 Å². The topological polar surface area (TPSA) is 65.2 Å². The van der Waals surface area contributed by atoms with Gasteiger partial charge in [-0.3, -0.25) is 4.79 Å². The Morgan fingerprint density at radius 1 is 1.40 bits per heavy atom. The average molecular weight is 224 g/mol. The van der Waals surface area contributed by atoms with E-state index in [9.17, 15) is 22.4 Å². The number of ether oxygens (including phenoxy) is 1. The van der Waals surface area contributed by atoms with Crippen molar-refractivity contribution in [3.8, 4) is 5.88 Å². The van der Waals surface area contributed by atoms with E-state index >= 15 is 0 Å². The van der Waals surface area contributed by atoms with E-state index in [1.807, 2.05) is 0 Å². The molecule has 4 nitrogen and oxygen atoms in total. The van der Waals surface area contributed by atoms with Crippen molar-refractivity contribution in [2.75, 3.05) is 0 Å². The standard InChI is InChI=1S/C7H4F4N2O2/c8-3-1-2-4(5(12)14)13-6(3)15-7(9,10)11/h1-2H,(H2,12,14). The van der Waals surface area contributed by atoms with Gasteiger partial charge >= 0.3 is 6.36 Å². The predicted molar refractivity (Wildman–Crippen MR) is 39.4 cm³/mol.